The van der Waals surface area contributed by atoms with E-state index in [1.54, 1.807) is 6.08 Å². The zero-order valence-electron chi connectivity index (χ0n) is 31.4. The highest BCUT2D eigenvalue weighted by Gasteiger charge is 2.19. The van der Waals surface area contributed by atoms with Gasteiger partial charge in [0.1, 0.15) is 13.2 Å². The summed E-state index contributed by atoms with van der Waals surface area (Å²) in [5.41, 5.74) is 0. The molecule has 0 saturated heterocycles. The number of unbranched alkanes of at least 4 members (excludes halogenated alkanes) is 11. The normalized spacial score (nSPS) is 12.8. The molecule has 1 unspecified atom stereocenters. The molecule has 0 aliphatic carbocycles. The minimum absolute atomic E-state index is 0.111. The van der Waals surface area contributed by atoms with E-state index in [0.717, 1.165) is 96.3 Å². The van der Waals surface area contributed by atoms with Gasteiger partial charge >= 0.3 is 17.9 Å². The standard InChI is InChI=1S/C43H70O6/c1-4-7-10-13-15-17-19-20-21-22-24-25-27-30-33-36-42(45)48-39-40(38-47-41(44)35-32-29-12-9-6-3)49-43(46)37-34-31-28-26-23-18-16-14-11-8-5-2/h7,10,14-17,20-21,24-25,30,33,40H,4-6,8-9,11-13,18-19,22-23,26-29,31-32,34-39H2,1-3H3/b10-7-,16-14-,17-15-,21-20-,25-24-,33-30-. The van der Waals surface area contributed by atoms with Crippen molar-refractivity contribution in [3.63, 3.8) is 0 Å². The number of hydrogen-bond donors (Lipinski definition) is 0. The monoisotopic (exact) mass is 683 g/mol. The highest BCUT2D eigenvalue weighted by Crippen LogP contribution is 2.11. The van der Waals surface area contributed by atoms with Crippen LogP contribution in [0.5, 0.6) is 0 Å². The Kier molecular flexibility index (Phi) is 35.2. The minimum Gasteiger partial charge on any atom is -0.462 e. The summed E-state index contributed by atoms with van der Waals surface area (Å²) in [6, 6.07) is 0. The second-order valence-corrected chi connectivity index (χ2v) is 12.5. The van der Waals surface area contributed by atoms with Crippen LogP contribution in [0.2, 0.25) is 0 Å². The first kappa shape index (κ1) is 45.9. The van der Waals surface area contributed by atoms with Crippen LogP contribution >= 0.6 is 0 Å². The van der Waals surface area contributed by atoms with Crippen LogP contribution in [0.4, 0.5) is 0 Å². The van der Waals surface area contributed by atoms with Crippen LogP contribution in [0.3, 0.4) is 0 Å². The molecule has 0 aromatic carbocycles. The van der Waals surface area contributed by atoms with E-state index in [0.29, 0.717) is 12.8 Å². The van der Waals surface area contributed by atoms with E-state index in [1.807, 2.05) is 6.08 Å². The molecule has 0 amide bonds. The Balaban J connectivity index is 4.46. The van der Waals surface area contributed by atoms with Gasteiger partial charge in [-0.2, -0.15) is 0 Å². The van der Waals surface area contributed by atoms with Crippen molar-refractivity contribution >= 4 is 17.9 Å². The Bertz CT molecular complexity index is 971. The Hall–Kier alpha value is -3.15. The molecule has 0 aromatic heterocycles. The molecule has 0 rings (SSSR count). The van der Waals surface area contributed by atoms with Crippen molar-refractivity contribution in [1.82, 2.24) is 0 Å². The van der Waals surface area contributed by atoms with Crippen molar-refractivity contribution in [3.8, 4) is 0 Å². The second kappa shape index (κ2) is 37.7. The quantitative estimate of drug-likeness (QED) is 0.0297. The van der Waals surface area contributed by atoms with Gasteiger partial charge in [-0.1, -0.05) is 151 Å². The average Bonchev–Trinajstić information content (AvgIpc) is 3.09. The second-order valence-electron chi connectivity index (χ2n) is 12.5. The van der Waals surface area contributed by atoms with Crippen molar-refractivity contribution < 1.29 is 28.6 Å². The Labute approximate surface area is 300 Å². The molecule has 278 valence electrons. The number of rotatable bonds is 33. The molecule has 6 heteroatoms. The zero-order valence-corrected chi connectivity index (χ0v) is 31.4. The number of carbonyl (C=O) groups is 3. The van der Waals surface area contributed by atoms with Gasteiger partial charge in [-0.15, -0.1) is 0 Å². The third-order valence-electron chi connectivity index (χ3n) is 7.73. The van der Waals surface area contributed by atoms with Crippen LogP contribution in [0, 0.1) is 0 Å². The summed E-state index contributed by atoms with van der Waals surface area (Å²) in [6.07, 6.45) is 45.1. The number of allylic oxidation sites excluding steroid dienone is 11. The molecule has 0 aliphatic heterocycles. The molecule has 0 radical (unpaired) electrons. The minimum atomic E-state index is -0.812. The average molecular weight is 683 g/mol. The molecular formula is C43H70O6. The van der Waals surface area contributed by atoms with Gasteiger partial charge in [-0.25, -0.2) is 0 Å². The molecule has 0 saturated carbocycles. The third-order valence-corrected chi connectivity index (χ3v) is 7.73. The SMILES string of the molecule is CC/C=C\C/C=C\C/C=C\C/C=C\C/C=C\CC(=O)OCC(COC(=O)CCCCCCC)OC(=O)CCCCCCC/C=C\CCCC. The first-order chi connectivity index (χ1) is 24.0. The molecule has 0 spiro atoms. The summed E-state index contributed by atoms with van der Waals surface area (Å²) in [5, 5.41) is 0. The highest BCUT2D eigenvalue weighted by molar-refractivity contribution is 5.72. The van der Waals surface area contributed by atoms with E-state index >= 15 is 0 Å². The summed E-state index contributed by atoms with van der Waals surface area (Å²) in [5.74, 6) is -1.08. The maximum absolute atomic E-state index is 12.6. The van der Waals surface area contributed by atoms with Crippen molar-refractivity contribution in [3.05, 3.63) is 72.9 Å². The largest absolute Gasteiger partial charge is 0.462 e. The fraction of sp³-hybridized carbons (Fsp3) is 0.651. The van der Waals surface area contributed by atoms with Gasteiger partial charge in [0, 0.05) is 12.8 Å². The maximum atomic E-state index is 12.6. The van der Waals surface area contributed by atoms with Crippen LogP contribution in [-0.2, 0) is 28.6 Å². The number of hydrogen-bond acceptors (Lipinski definition) is 6. The van der Waals surface area contributed by atoms with Crippen LogP contribution in [0.15, 0.2) is 72.9 Å². The molecule has 0 heterocycles. The van der Waals surface area contributed by atoms with Crippen LogP contribution < -0.4 is 0 Å². The summed E-state index contributed by atoms with van der Waals surface area (Å²) in [7, 11) is 0. The van der Waals surface area contributed by atoms with Crippen LogP contribution in [0.25, 0.3) is 0 Å². The van der Waals surface area contributed by atoms with Gasteiger partial charge in [0.25, 0.3) is 0 Å². The van der Waals surface area contributed by atoms with Gasteiger partial charge in [0.05, 0.1) is 6.42 Å². The number of carbonyl (C=O) groups excluding carboxylic acids is 3. The van der Waals surface area contributed by atoms with Gasteiger partial charge in [0.15, 0.2) is 6.10 Å². The van der Waals surface area contributed by atoms with E-state index in [4.69, 9.17) is 14.2 Å². The van der Waals surface area contributed by atoms with Gasteiger partial charge in [-0.3, -0.25) is 14.4 Å². The fourth-order valence-corrected chi connectivity index (χ4v) is 4.79. The first-order valence-electron chi connectivity index (χ1n) is 19.4. The summed E-state index contributed by atoms with van der Waals surface area (Å²) < 4.78 is 16.4. The van der Waals surface area contributed by atoms with E-state index in [2.05, 4.69) is 81.5 Å². The topological polar surface area (TPSA) is 78.9 Å². The summed E-state index contributed by atoms with van der Waals surface area (Å²) in [4.78, 5) is 37.2. The Morgan fingerprint density at radius 1 is 0.449 bits per heavy atom. The van der Waals surface area contributed by atoms with E-state index in [-0.39, 0.29) is 31.6 Å². The van der Waals surface area contributed by atoms with Gasteiger partial charge in [-0.05, 0) is 64.2 Å². The molecule has 0 fully saturated rings. The lowest BCUT2D eigenvalue weighted by Crippen LogP contribution is -2.30. The van der Waals surface area contributed by atoms with E-state index in [9.17, 15) is 14.4 Å². The van der Waals surface area contributed by atoms with Gasteiger partial charge < -0.3 is 14.2 Å². The molecule has 0 N–H and O–H groups in total. The lowest BCUT2D eigenvalue weighted by atomic mass is 10.1. The van der Waals surface area contributed by atoms with Crippen molar-refractivity contribution in [2.24, 2.45) is 0 Å². The lowest BCUT2D eigenvalue weighted by molar-refractivity contribution is -0.166. The third kappa shape index (κ3) is 36.0. The van der Waals surface area contributed by atoms with E-state index < -0.39 is 12.1 Å². The van der Waals surface area contributed by atoms with Crippen molar-refractivity contribution in [2.75, 3.05) is 13.2 Å². The molecule has 6 nitrogen and oxygen atoms in total. The predicted molar refractivity (Wildman–Crippen MR) is 205 cm³/mol. The molecule has 0 aromatic rings. The molecule has 0 aliphatic rings. The van der Waals surface area contributed by atoms with Crippen molar-refractivity contribution in [1.29, 1.82) is 0 Å². The van der Waals surface area contributed by atoms with Gasteiger partial charge in [0.2, 0.25) is 0 Å². The van der Waals surface area contributed by atoms with Crippen molar-refractivity contribution in [2.45, 2.75) is 168 Å². The smallest absolute Gasteiger partial charge is 0.309 e. The fourth-order valence-electron chi connectivity index (χ4n) is 4.79. The lowest BCUT2D eigenvalue weighted by Gasteiger charge is -2.18. The molecule has 1 atom stereocenters. The van der Waals surface area contributed by atoms with E-state index in [1.165, 1.54) is 25.7 Å². The summed E-state index contributed by atoms with van der Waals surface area (Å²) >= 11 is 0. The predicted octanol–water partition coefficient (Wildman–Crippen LogP) is 12.0. The molecule has 49 heavy (non-hydrogen) atoms. The highest BCUT2D eigenvalue weighted by atomic mass is 16.6. The zero-order chi connectivity index (χ0) is 35.9. The Morgan fingerprint density at radius 2 is 0.898 bits per heavy atom. The number of ether oxygens (including phenoxy) is 3. The first-order valence-corrected chi connectivity index (χ1v) is 19.4. The summed E-state index contributed by atoms with van der Waals surface area (Å²) in [6.45, 7) is 6.25. The molecule has 0 bridgehead atoms. The number of esters is 3. The van der Waals surface area contributed by atoms with Crippen LogP contribution in [-0.4, -0.2) is 37.2 Å². The molecular weight excluding hydrogens is 612 g/mol. The van der Waals surface area contributed by atoms with Crippen LogP contribution in [0.1, 0.15) is 162 Å². The maximum Gasteiger partial charge on any atom is 0.309 e. The Morgan fingerprint density at radius 3 is 1.47 bits per heavy atom.